The van der Waals surface area contributed by atoms with Crippen LogP contribution in [0.25, 0.3) is 0 Å². The van der Waals surface area contributed by atoms with Crippen molar-refractivity contribution in [2.75, 3.05) is 19.8 Å². The van der Waals surface area contributed by atoms with E-state index in [9.17, 15) is 9.90 Å². The maximum absolute atomic E-state index is 12.1. The van der Waals surface area contributed by atoms with Crippen LogP contribution < -0.4 is 4.74 Å². The molecule has 0 radical (unpaired) electrons. The van der Waals surface area contributed by atoms with Crippen molar-refractivity contribution in [2.24, 2.45) is 0 Å². The molecule has 1 N–H and O–H groups in total. The molecule has 1 aliphatic carbocycles. The van der Waals surface area contributed by atoms with Crippen LogP contribution in [0.15, 0.2) is 18.2 Å². The predicted octanol–water partition coefficient (Wildman–Crippen LogP) is 1.54. The summed E-state index contributed by atoms with van der Waals surface area (Å²) in [5.74, 6) is 0.751. The van der Waals surface area contributed by atoms with Crippen LogP contribution in [0.4, 0.5) is 0 Å². The fraction of sp³-hybridized carbons (Fsp3) is 0.562. The van der Waals surface area contributed by atoms with Gasteiger partial charge in [0.1, 0.15) is 5.75 Å². The van der Waals surface area contributed by atoms with Gasteiger partial charge in [0.15, 0.2) is 6.61 Å². The molecule has 0 saturated carbocycles. The van der Waals surface area contributed by atoms with Crippen molar-refractivity contribution in [2.45, 2.75) is 38.1 Å². The summed E-state index contributed by atoms with van der Waals surface area (Å²) in [4.78, 5) is 13.9. The van der Waals surface area contributed by atoms with E-state index in [0.717, 1.165) is 38.0 Å². The molecule has 20 heavy (non-hydrogen) atoms. The third kappa shape index (κ3) is 2.66. The lowest BCUT2D eigenvalue weighted by molar-refractivity contribution is -0.134. The van der Waals surface area contributed by atoms with Crippen LogP contribution in [-0.4, -0.2) is 41.7 Å². The highest BCUT2D eigenvalue weighted by Gasteiger charge is 2.28. The number of carbonyl (C=O) groups excluding carboxylic acids is 1. The standard InChI is InChI=1S/C16H21NO3/c18-10-14-5-2-8-17(14)16(19)11-20-15-7-6-12-3-1-4-13(12)9-15/h6-7,9,14,18H,1-5,8,10-11H2/t14-/m1/s1. The number of carbonyl (C=O) groups is 1. The second kappa shape index (κ2) is 5.83. The number of nitrogens with zero attached hydrogens (tertiary/aromatic N) is 1. The normalized spacial score (nSPS) is 21.1. The van der Waals surface area contributed by atoms with E-state index in [4.69, 9.17) is 4.74 Å². The summed E-state index contributed by atoms with van der Waals surface area (Å²) >= 11 is 0. The highest BCUT2D eigenvalue weighted by atomic mass is 16.5. The van der Waals surface area contributed by atoms with Crippen molar-refractivity contribution in [3.05, 3.63) is 29.3 Å². The Morgan fingerprint density at radius 2 is 2.15 bits per heavy atom. The molecule has 0 bridgehead atoms. The van der Waals surface area contributed by atoms with Gasteiger partial charge >= 0.3 is 0 Å². The molecule has 1 fully saturated rings. The van der Waals surface area contributed by atoms with Crippen molar-refractivity contribution in [1.82, 2.24) is 4.90 Å². The number of aliphatic hydroxyl groups is 1. The van der Waals surface area contributed by atoms with Crippen molar-refractivity contribution in [3.8, 4) is 5.75 Å². The zero-order valence-corrected chi connectivity index (χ0v) is 11.7. The van der Waals surface area contributed by atoms with E-state index < -0.39 is 0 Å². The van der Waals surface area contributed by atoms with Gasteiger partial charge in [-0.2, -0.15) is 0 Å². The molecule has 0 aromatic heterocycles. The molecule has 0 unspecified atom stereocenters. The highest BCUT2D eigenvalue weighted by Crippen LogP contribution is 2.26. The Kier molecular flexibility index (Phi) is 3.92. The minimum atomic E-state index is -0.0259. The fourth-order valence-electron chi connectivity index (χ4n) is 3.22. The number of benzene rings is 1. The Balaban J connectivity index is 1.58. The second-order valence-corrected chi connectivity index (χ2v) is 5.64. The van der Waals surface area contributed by atoms with E-state index in [1.165, 1.54) is 17.5 Å². The number of ether oxygens (including phenoxy) is 1. The largest absolute Gasteiger partial charge is 0.484 e. The lowest BCUT2D eigenvalue weighted by Crippen LogP contribution is -2.40. The minimum absolute atomic E-state index is 0.0221. The van der Waals surface area contributed by atoms with Crippen LogP contribution in [0, 0.1) is 0 Å². The molecule has 1 saturated heterocycles. The molecule has 1 atom stereocenters. The highest BCUT2D eigenvalue weighted by molar-refractivity contribution is 5.78. The van der Waals surface area contributed by atoms with Gasteiger partial charge in [0.2, 0.25) is 0 Å². The topological polar surface area (TPSA) is 49.8 Å². The number of rotatable bonds is 4. The SMILES string of the molecule is O=C(COc1ccc2c(c1)CCC2)N1CCC[C@@H]1CO. The van der Waals surface area contributed by atoms with Crippen LogP contribution >= 0.6 is 0 Å². The monoisotopic (exact) mass is 275 g/mol. The van der Waals surface area contributed by atoms with Gasteiger partial charge in [0.25, 0.3) is 5.91 Å². The van der Waals surface area contributed by atoms with Crippen LogP contribution in [0.2, 0.25) is 0 Å². The Labute approximate surface area is 119 Å². The molecule has 1 aromatic rings. The summed E-state index contributed by atoms with van der Waals surface area (Å²) in [6.45, 7) is 0.845. The van der Waals surface area contributed by atoms with Crippen molar-refractivity contribution >= 4 is 5.91 Å². The number of fused-ring (bicyclic) bond motifs is 1. The molecule has 1 aliphatic heterocycles. The molecule has 1 heterocycles. The van der Waals surface area contributed by atoms with E-state index in [2.05, 4.69) is 12.1 Å². The number of aryl methyl sites for hydroxylation is 2. The van der Waals surface area contributed by atoms with Crippen molar-refractivity contribution in [1.29, 1.82) is 0 Å². The average molecular weight is 275 g/mol. The molecule has 2 aliphatic rings. The number of hydrogen-bond acceptors (Lipinski definition) is 3. The number of amides is 1. The van der Waals surface area contributed by atoms with Crippen molar-refractivity contribution in [3.63, 3.8) is 0 Å². The maximum Gasteiger partial charge on any atom is 0.260 e. The minimum Gasteiger partial charge on any atom is -0.484 e. The van der Waals surface area contributed by atoms with E-state index in [1.807, 2.05) is 6.07 Å². The van der Waals surface area contributed by atoms with Gasteiger partial charge in [-0.1, -0.05) is 6.07 Å². The maximum atomic E-state index is 12.1. The Morgan fingerprint density at radius 1 is 1.30 bits per heavy atom. The Bertz CT molecular complexity index is 500. The van der Waals surface area contributed by atoms with E-state index in [-0.39, 0.29) is 25.2 Å². The number of likely N-dealkylation sites (tertiary alicyclic amines) is 1. The molecule has 0 spiro atoms. The summed E-state index contributed by atoms with van der Waals surface area (Å²) < 4.78 is 5.63. The first-order chi connectivity index (χ1) is 9.78. The second-order valence-electron chi connectivity index (χ2n) is 5.64. The predicted molar refractivity (Wildman–Crippen MR) is 75.8 cm³/mol. The summed E-state index contributed by atoms with van der Waals surface area (Å²) in [5, 5.41) is 9.24. The van der Waals surface area contributed by atoms with E-state index >= 15 is 0 Å². The first kappa shape index (κ1) is 13.4. The molecule has 1 amide bonds. The zero-order valence-electron chi connectivity index (χ0n) is 11.7. The third-order valence-corrected chi connectivity index (χ3v) is 4.34. The van der Waals surface area contributed by atoms with Gasteiger partial charge in [0, 0.05) is 6.54 Å². The van der Waals surface area contributed by atoms with Crippen LogP contribution in [0.3, 0.4) is 0 Å². The first-order valence-corrected chi connectivity index (χ1v) is 7.43. The van der Waals surface area contributed by atoms with Gasteiger partial charge in [-0.15, -0.1) is 0 Å². The fourth-order valence-corrected chi connectivity index (χ4v) is 3.22. The van der Waals surface area contributed by atoms with E-state index in [0.29, 0.717) is 0 Å². The average Bonchev–Trinajstić information content (AvgIpc) is 3.12. The lowest BCUT2D eigenvalue weighted by Gasteiger charge is -2.23. The molecule has 4 heteroatoms. The third-order valence-electron chi connectivity index (χ3n) is 4.34. The van der Waals surface area contributed by atoms with Crippen molar-refractivity contribution < 1.29 is 14.6 Å². The molecule has 1 aromatic carbocycles. The van der Waals surface area contributed by atoms with Crippen LogP contribution in [0.5, 0.6) is 5.75 Å². The number of aliphatic hydroxyl groups excluding tert-OH is 1. The molecule has 108 valence electrons. The molecule has 3 rings (SSSR count). The van der Waals surface area contributed by atoms with Gasteiger partial charge < -0.3 is 14.7 Å². The summed E-state index contributed by atoms with van der Waals surface area (Å²) in [6.07, 6.45) is 5.33. The first-order valence-electron chi connectivity index (χ1n) is 7.43. The summed E-state index contributed by atoms with van der Waals surface area (Å²) in [6, 6.07) is 6.09. The molecular weight excluding hydrogens is 254 g/mol. The molecular formula is C16H21NO3. The van der Waals surface area contributed by atoms with Gasteiger partial charge in [0.05, 0.1) is 12.6 Å². The summed E-state index contributed by atoms with van der Waals surface area (Å²) in [7, 11) is 0. The zero-order chi connectivity index (χ0) is 13.9. The van der Waals surface area contributed by atoms with Crippen LogP contribution in [-0.2, 0) is 17.6 Å². The van der Waals surface area contributed by atoms with E-state index in [1.54, 1.807) is 4.90 Å². The lowest BCUT2D eigenvalue weighted by atomic mass is 10.1. The Morgan fingerprint density at radius 3 is 3.00 bits per heavy atom. The quantitative estimate of drug-likeness (QED) is 0.906. The molecule has 4 nitrogen and oxygen atoms in total. The van der Waals surface area contributed by atoms with Gasteiger partial charge in [-0.3, -0.25) is 4.79 Å². The van der Waals surface area contributed by atoms with Crippen LogP contribution in [0.1, 0.15) is 30.4 Å². The summed E-state index contributed by atoms with van der Waals surface area (Å²) in [5.41, 5.74) is 2.76. The Hall–Kier alpha value is -1.55. The van der Waals surface area contributed by atoms with Gasteiger partial charge in [-0.25, -0.2) is 0 Å². The number of hydrogen-bond donors (Lipinski definition) is 1. The smallest absolute Gasteiger partial charge is 0.260 e. The van der Waals surface area contributed by atoms with Gasteiger partial charge in [-0.05, 0) is 55.4 Å².